The number of fused-ring (bicyclic) bond motifs is 1. The van der Waals surface area contributed by atoms with Crippen molar-refractivity contribution in [1.82, 2.24) is 0 Å². The van der Waals surface area contributed by atoms with Crippen LogP contribution in [-0.2, 0) is 4.79 Å². The molecule has 1 aliphatic heterocycles. The fourth-order valence-electron chi connectivity index (χ4n) is 1.82. The molecule has 1 aromatic heterocycles. The summed E-state index contributed by atoms with van der Waals surface area (Å²) in [5.41, 5.74) is 2.34. The van der Waals surface area contributed by atoms with E-state index in [0.29, 0.717) is 11.3 Å². The molecule has 0 fully saturated rings. The maximum atomic E-state index is 11.8. The summed E-state index contributed by atoms with van der Waals surface area (Å²) >= 11 is 3.40. The van der Waals surface area contributed by atoms with Gasteiger partial charge in [0.05, 0.1) is 11.8 Å². The van der Waals surface area contributed by atoms with Crippen LogP contribution in [0.1, 0.15) is 11.3 Å². The second-order valence-electron chi connectivity index (χ2n) is 3.72. The lowest BCUT2D eigenvalue weighted by molar-refractivity contribution is -0.110. The Balaban J connectivity index is 2.13. The SMILES string of the molecule is O=C1Nc2ccc(Br)cc2C1=Cc1ccco1. The Bertz CT molecular complexity index is 614. The number of anilines is 1. The molecule has 0 aliphatic carbocycles. The predicted molar refractivity (Wildman–Crippen MR) is 69.4 cm³/mol. The third-order valence-corrected chi connectivity index (χ3v) is 3.09. The number of rotatable bonds is 1. The van der Waals surface area contributed by atoms with Crippen LogP contribution in [0.5, 0.6) is 0 Å². The molecule has 2 aromatic rings. The highest BCUT2D eigenvalue weighted by Crippen LogP contribution is 2.34. The Morgan fingerprint density at radius 2 is 2.18 bits per heavy atom. The maximum Gasteiger partial charge on any atom is 0.256 e. The van der Waals surface area contributed by atoms with Crippen molar-refractivity contribution >= 4 is 39.2 Å². The highest BCUT2D eigenvalue weighted by atomic mass is 79.9. The molecule has 0 spiro atoms. The standard InChI is InChI=1S/C13H8BrNO2/c14-8-3-4-12-10(6-8)11(13(16)15-12)7-9-2-1-5-17-9/h1-7H,(H,15,16). The van der Waals surface area contributed by atoms with Gasteiger partial charge in [-0.2, -0.15) is 0 Å². The van der Waals surface area contributed by atoms with Gasteiger partial charge in [0.25, 0.3) is 5.91 Å². The van der Waals surface area contributed by atoms with Gasteiger partial charge in [-0.15, -0.1) is 0 Å². The minimum absolute atomic E-state index is 0.102. The van der Waals surface area contributed by atoms with Crippen LogP contribution in [0.2, 0.25) is 0 Å². The van der Waals surface area contributed by atoms with E-state index in [1.165, 1.54) is 0 Å². The number of halogens is 1. The summed E-state index contributed by atoms with van der Waals surface area (Å²) < 4.78 is 6.16. The summed E-state index contributed by atoms with van der Waals surface area (Å²) in [4.78, 5) is 11.8. The molecule has 84 valence electrons. The molecular formula is C13H8BrNO2. The fourth-order valence-corrected chi connectivity index (χ4v) is 2.18. The minimum Gasteiger partial charge on any atom is -0.465 e. The third-order valence-electron chi connectivity index (χ3n) is 2.59. The molecule has 0 unspecified atom stereocenters. The highest BCUT2D eigenvalue weighted by molar-refractivity contribution is 9.10. The summed E-state index contributed by atoms with van der Waals surface area (Å²) in [6.07, 6.45) is 3.33. The van der Waals surface area contributed by atoms with Crippen molar-refractivity contribution in [1.29, 1.82) is 0 Å². The van der Waals surface area contributed by atoms with Crippen molar-refractivity contribution < 1.29 is 9.21 Å². The first-order valence-electron chi connectivity index (χ1n) is 5.10. The lowest BCUT2D eigenvalue weighted by Crippen LogP contribution is -2.03. The van der Waals surface area contributed by atoms with Gasteiger partial charge in [-0.1, -0.05) is 15.9 Å². The molecule has 3 nitrogen and oxygen atoms in total. The smallest absolute Gasteiger partial charge is 0.256 e. The molecule has 2 heterocycles. The fraction of sp³-hybridized carbons (Fsp3) is 0. The van der Waals surface area contributed by atoms with E-state index in [9.17, 15) is 4.79 Å². The van der Waals surface area contributed by atoms with Crippen molar-refractivity contribution in [3.05, 3.63) is 52.4 Å². The monoisotopic (exact) mass is 289 g/mol. The van der Waals surface area contributed by atoms with Gasteiger partial charge in [0, 0.05) is 15.7 Å². The zero-order valence-corrected chi connectivity index (χ0v) is 10.3. The summed E-state index contributed by atoms with van der Waals surface area (Å²) in [7, 11) is 0. The Labute approximate surface area is 106 Å². The van der Waals surface area contributed by atoms with E-state index in [2.05, 4.69) is 21.2 Å². The van der Waals surface area contributed by atoms with E-state index in [4.69, 9.17) is 4.42 Å². The number of hydrogen-bond donors (Lipinski definition) is 1. The van der Waals surface area contributed by atoms with Crippen LogP contribution in [0.15, 0.2) is 45.5 Å². The van der Waals surface area contributed by atoms with Crippen LogP contribution in [-0.4, -0.2) is 5.91 Å². The molecule has 0 atom stereocenters. The number of carbonyl (C=O) groups is 1. The highest BCUT2D eigenvalue weighted by Gasteiger charge is 2.24. The molecule has 1 amide bonds. The van der Waals surface area contributed by atoms with E-state index in [1.807, 2.05) is 24.3 Å². The first-order valence-corrected chi connectivity index (χ1v) is 5.90. The van der Waals surface area contributed by atoms with Gasteiger partial charge in [-0.25, -0.2) is 0 Å². The zero-order valence-electron chi connectivity index (χ0n) is 8.74. The van der Waals surface area contributed by atoms with E-state index < -0.39 is 0 Å². The van der Waals surface area contributed by atoms with Crippen molar-refractivity contribution in [3.63, 3.8) is 0 Å². The van der Waals surface area contributed by atoms with Gasteiger partial charge >= 0.3 is 0 Å². The molecule has 0 saturated carbocycles. The molecule has 4 heteroatoms. The number of hydrogen-bond acceptors (Lipinski definition) is 2. The summed E-state index contributed by atoms with van der Waals surface area (Å²) in [5, 5.41) is 2.82. The van der Waals surface area contributed by atoms with Gasteiger partial charge in [0.15, 0.2) is 0 Å². The minimum atomic E-state index is -0.102. The average Bonchev–Trinajstić information content (AvgIpc) is 2.90. The van der Waals surface area contributed by atoms with Crippen LogP contribution in [0.3, 0.4) is 0 Å². The summed E-state index contributed by atoms with van der Waals surface area (Å²) in [6, 6.07) is 9.30. The molecule has 1 aromatic carbocycles. The van der Waals surface area contributed by atoms with Gasteiger partial charge in [0.1, 0.15) is 5.76 Å². The molecule has 1 N–H and O–H groups in total. The topological polar surface area (TPSA) is 42.2 Å². The Morgan fingerprint density at radius 3 is 2.94 bits per heavy atom. The lowest BCUT2D eigenvalue weighted by Gasteiger charge is -1.98. The van der Waals surface area contributed by atoms with Gasteiger partial charge in [0.2, 0.25) is 0 Å². The summed E-state index contributed by atoms with van der Waals surface area (Å²) in [5.74, 6) is 0.567. The van der Waals surface area contributed by atoms with E-state index in [-0.39, 0.29) is 5.91 Å². The molecule has 17 heavy (non-hydrogen) atoms. The van der Waals surface area contributed by atoms with Crippen molar-refractivity contribution in [2.24, 2.45) is 0 Å². The van der Waals surface area contributed by atoms with Crippen molar-refractivity contribution in [2.75, 3.05) is 5.32 Å². The molecular weight excluding hydrogens is 282 g/mol. The molecule has 3 rings (SSSR count). The first kappa shape index (κ1) is 10.4. The van der Waals surface area contributed by atoms with Gasteiger partial charge < -0.3 is 9.73 Å². The van der Waals surface area contributed by atoms with E-state index in [0.717, 1.165) is 15.7 Å². The molecule has 0 bridgehead atoms. The normalized spacial score (nSPS) is 16.1. The second kappa shape index (κ2) is 3.89. The van der Waals surface area contributed by atoms with Gasteiger partial charge in [-0.05, 0) is 36.4 Å². The average molecular weight is 290 g/mol. The van der Waals surface area contributed by atoms with Crippen LogP contribution in [0.25, 0.3) is 11.6 Å². The largest absolute Gasteiger partial charge is 0.465 e. The number of benzene rings is 1. The number of carbonyl (C=O) groups excluding carboxylic acids is 1. The number of furan rings is 1. The predicted octanol–water partition coefficient (Wildman–Crippen LogP) is 3.53. The lowest BCUT2D eigenvalue weighted by atomic mass is 10.1. The Morgan fingerprint density at radius 1 is 1.29 bits per heavy atom. The van der Waals surface area contributed by atoms with Crippen molar-refractivity contribution in [2.45, 2.75) is 0 Å². The van der Waals surface area contributed by atoms with Crippen molar-refractivity contribution in [3.8, 4) is 0 Å². The molecule has 0 radical (unpaired) electrons. The van der Waals surface area contributed by atoms with Crippen LogP contribution in [0.4, 0.5) is 5.69 Å². The maximum absolute atomic E-state index is 11.8. The first-order chi connectivity index (χ1) is 8.24. The van der Waals surface area contributed by atoms with Crippen LogP contribution in [0, 0.1) is 0 Å². The summed E-state index contributed by atoms with van der Waals surface area (Å²) in [6.45, 7) is 0. The van der Waals surface area contributed by atoms with Crippen LogP contribution >= 0.6 is 15.9 Å². The Kier molecular flexibility index (Phi) is 2.37. The number of nitrogens with one attached hydrogen (secondary N) is 1. The zero-order chi connectivity index (χ0) is 11.8. The van der Waals surface area contributed by atoms with E-state index in [1.54, 1.807) is 18.4 Å². The third kappa shape index (κ3) is 1.80. The molecule has 1 aliphatic rings. The van der Waals surface area contributed by atoms with E-state index >= 15 is 0 Å². The van der Waals surface area contributed by atoms with Crippen LogP contribution < -0.4 is 5.32 Å². The second-order valence-corrected chi connectivity index (χ2v) is 4.63. The Hall–Kier alpha value is -1.81. The quantitative estimate of drug-likeness (QED) is 0.816. The van der Waals surface area contributed by atoms with Gasteiger partial charge in [-0.3, -0.25) is 4.79 Å². The molecule has 0 saturated heterocycles. The number of amides is 1.